The van der Waals surface area contributed by atoms with Crippen LogP contribution in [-0.4, -0.2) is 11.8 Å². The number of rotatable bonds is 0. The van der Waals surface area contributed by atoms with Crippen LogP contribution in [0.15, 0.2) is 11.6 Å². The molecule has 1 aliphatic carbocycles. The molecule has 0 aliphatic heterocycles. The number of alkyl halides is 4. The fraction of sp³-hybridized carbons (Fsp3) is 0.667. The highest BCUT2D eigenvalue weighted by Crippen LogP contribution is 2.43. The molecule has 0 unspecified atom stereocenters. The second-order valence-electron chi connectivity index (χ2n) is 2.47. The number of hydrogen-bond acceptors (Lipinski definition) is 0. The molecular formula is C6H6F4. The van der Waals surface area contributed by atoms with Crippen LogP contribution in [-0.2, 0) is 0 Å². The van der Waals surface area contributed by atoms with Crippen LogP contribution in [0.5, 0.6) is 0 Å². The van der Waals surface area contributed by atoms with Gasteiger partial charge in [-0.2, -0.15) is 0 Å². The topological polar surface area (TPSA) is 0 Å². The third-order valence-electron chi connectivity index (χ3n) is 1.46. The molecule has 0 spiro atoms. The van der Waals surface area contributed by atoms with Gasteiger partial charge in [0.25, 0.3) is 11.8 Å². The van der Waals surface area contributed by atoms with Crippen molar-refractivity contribution in [3.63, 3.8) is 0 Å². The van der Waals surface area contributed by atoms with Gasteiger partial charge in [-0.05, 0) is 18.6 Å². The zero-order valence-electron chi connectivity index (χ0n) is 5.30. The first-order valence-corrected chi connectivity index (χ1v) is 2.79. The summed E-state index contributed by atoms with van der Waals surface area (Å²) < 4.78 is 48.8. The van der Waals surface area contributed by atoms with Gasteiger partial charge in [-0.25, -0.2) is 17.6 Å². The lowest BCUT2D eigenvalue weighted by atomic mass is 10.2. The van der Waals surface area contributed by atoms with Crippen LogP contribution in [0.2, 0.25) is 0 Å². The maximum Gasteiger partial charge on any atom is 0.275 e. The fourth-order valence-corrected chi connectivity index (χ4v) is 0.909. The summed E-state index contributed by atoms with van der Waals surface area (Å²) in [5.74, 6) is -6.61. The third kappa shape index (κ3) is 1.15. The molecule has 0 saturated heterocycles. The summed E-state index contributed by atoms with van der Waals surface area (Å²) >= 11 is 0. The van der Waals surface area contributed by atoms with Crippen LogP contribution >= 0.6 is 0 Å². The summed E-state index contributed by atoms with van der Waals surface area (Å²) in [5, 5.41) is 0. The van der Waals surface area contributed by atoms with Crippen molar-refractivity contribution in [1.29, 1.82) is 0 Å². The molecule has 0 aromatic rings. The Morgan fingerprint density at radius 2 is 1.80 bits per heavy atom. The molecule has 0 radical (unpaired) electrons. The summed E-state index contributed by atoms with van der Waals surface area (Å²) in [6.45, 7) is 1.01. The van der Waals surface area contributed by atoms with E-state index in [-0.39, 0.29) is 0 Å². The first kappa shape index (κ1) is 7.57. The molecule has 58 valence electrons. The second kappa shape index (κ2) is 1.74. The molecule has 0 N–H and O–H groups in total. The number of halogens is 4. The lowest BCUT2D eigenvalue weighted by molar-refractivity contribution is -0.0397. The number of allylic oxidation sites excluding steroid dienone is 2. The summed E-state index contributed by atoms with van der Waals surface area (Å²) in [6.07, 6.45) is -1.04. The van der Waals surface area contributed by atoms with Gasteiger partial charge >= 0.3 is 0 Å². The van der Waals surface area contributed by atoms with E-state index in [2.05, 4.69) is 0 Å². The van der Waals surface area contributed by atoms with E-state index < -0.39 is 23.8 Å². The fourth-order valence-electron chi connectivity index (χ4n) is 0.909. The largest absolute Gasteiger partial charge is 0.275 e. The Labute approximate surface area is 55.5 Å². The highest BCUT2D eigenvalue weighted by atomic mass is 19.3. The van der Waals surface area contributed by atoms with E-state index in [0.29, 0.717) is 6.08 Å². The van der Waals surface area contributed by atoms with Gasteiger partial charge in [-0.1, -0.05) is 0 Å². The highest BCUT2D eigenvalue weighted by Gasteiger charge is 2.49. The first-order valence-electron chi connectivity index (χ1n) is 2.79. The Kier molecular flexibility index (Phi) is 1.31. The Balaban J connectivity index is 2.89. The lowest BCUT2D eigenvalue weighted by Crippen LogP contribution is -2.19. The molecule has 0 atom stereocenters. The average Bonchev–Trinajstić information content (AvgIpc) is 1.73. The van der Waals surface area contributed by atoms with Gasteiger partial charge in [0, 0.05) is 0 Å². The molecule has 0 bridgehead atoms. The van der Waals surface area contributed by atoms with Crippen molar-refractivity contribution in [3.05, 3.63) is 11.6 Å². The molecule has 1 aliphatic rings. The minimum absolute atomic E-state index is 0.326. The second-order valence-corrected chi connectivity index (χ2v) is 2.47. The molecular weight excluding hydrogens is 148 g/mol. The minimum atomic E-state index is -3.31. The quantitative estimate of drug-likeness (QED) is 0.371. The van der Waals surface area contributed by atoms with E-state index >= 15 is 0 Å². The SMILES string of the molecule is CC1=CC(F)(F)CC1(F)F. The molecule has 10 heavy (non-hydrogen) atoms. The Bertz CT molecular complexity index is 180. The maximum absolute atomic E-state index is 12.3. The summed E-state index contributed by atoms with van der Waals surface area (Å²) in [4.78, 5) is 0. The maximum atomic E-state index is 12.3. The highest BCUT2D eigenvalue weighted by molar-refractivity contribution is 5.22. The van der Waals surface area contributed by atoms with Crippen molar-refractivity contribution in [3.8, 4) is 0 Å². The summed E-state index contributed by atoms with van der Waals surface area (Å²) in [7, 11) is 0. The summed E-state index contributed by atoms with van der Waals surface area (Å²) in [5.41, 5.74) is -0.530. The van der Waals surface area contributed by atoms with E-state index in [1.165, 1.54) is 0 Å². The Morgan fingerprint density at radius 1 is 1.30 bits per heavy atom. The van der Waals surface area contributed by atoms with E-state index in [9.17, 15) is 17.6 Å². The predicted octanol–water partition coefficient (Wildman–Crippen LogP) is 2.61. The van der Waals surface area contributed by atoms with Gasteiger partial charge in [-0.3, -0.25) is 0 Å². The minimum Gasteiger partial charge on any atom is -0.202 e. The van der Waals surface area contributed by atoms with Crippen LogP contribution in [0.25, 0.3) is 0 Å². The monoisotopic (exact) mass is 154 g/mol. The summed E-state index contributed by atoms with van der Waals surface area (Å²) in [6, 6.07) is 0. The van der Waals surface area contributed by atoms with E-state index in [4.69, 9.17) is 0 Å². The Hall–Kier alpha value is -0.540. The normalized spacial score (nSPS) is 28.3. The van der Waals surface area contributed by atoms with Crippen molar-refractivity contribution in [2.75, 3.05) is 0 Å². The van der Waals surface area contributed by atoms with Gasteiger partial charge in [0.2, 0.25) is 0 Å². The molecule has 0 aromatic heterocycles. The van der Waals surface area contributed by atoms with Crippen LogP contribution in [0.3, 0.4) is 0 Å². The van der Waals surface area contributed by atoms with Crippen molar-refractivity contribution in [2.45, 2.75) is 25.2 Å². The van der Waals surface area contributed by atoms with Crippen LogP contribution in [0.4, 0.5) is 17.6 Å². The zero-order chi connectivity index (χ0) is 7.99. The Morgan fingerprint density at radius 3 is 1.90 bits per heavy atom. The van der Waals surface area contributed by atoms with Crippen molar-refractivity contribution in [1.82, 2.24) is 0 Å². The van der Waals surface area contributed by atoms with E-state index in [1.54, 1.807) is 0 Å². The van der Waals surface area contributed by atoms with Crippen molar-refractivity contribution in [2.24, 2.45) is 0 Å². The molecule has 1 rings (SSSR count). The molecule has 0 nitrogen and oxygen atoms in total. The zero-order valence-corrected chi connectivity index (χ0v) is 5.30. The lowest BCUT2D eigenvalue weighted by Gasteiger charge is -2.10. The smallest absolute Gasteiger partial charge is 0.202 e. The van der Waals surface area contributed by atoms with Gasteiger partial charge in [0.15, 0.2) is 0 Å². The number of hydrogen-bond donors (Lipinski definition) is 0. The predicted molar refractivity (Wildman–Crippen MR) is 28.3 cm³/mol. The first-order chi connectivity index (χ1) is 4.33. The van der Waals surface area contributed by atoms with Gasteiger partial charge < -0.3 is 0 Å². The average molecular weight is 154 g/mol. The molecule has 0 saturated carbocycles. The van der Waals surface area contributed by atoms with E-state index in [1.807, 2.05) is 0 Å². The van der Waals surface area contributed by atoms with Crippen molar-refractivity contribution < 1.29 is 17.6 Å². The van der Waals surface area contributed by atoms with E-state index in [0.717, 1.165) is 6.92 Å². The van der Waals surface area contributed by atoms with Crippen molar-refractivity contribution >= 4 is 0 Å². The van der Waals surface area contributed by atoms with Crippen LogP contribution in [0, 0.1) is 0 Å². The molecule has 0 heterocycles. The molecule has 0 aromatic carbocycles. The standard InChI is InChI=1S/C6H6F4/c1-4-2-5(7,8)3-6(4,9)10/h2H,3H2,1H3. The van der Waals surface area contributed by atoms with Crippen LogP contribution < -0.4 is 0 Å². The van der Waals surface area contributed by atoms with Gasteiger partial charge in [-0.15, -0.1) is 0 Å². The molecule has 0 fully saturated rings. The van der Waals surface area contributed by atoms with Crippen LogP contribution in [0.1, 0.15) is 13.3 Å². The van der Waals surface area contributed by atoms with Gasteiger partial charge in [0.1, 0.15) is 0 Å². The van der Waals surface area contributed by atoms with Gasteiger partial charge in [0.05, 0.1) is 6.42 Å². The molecule has 4 heteroatoms. The third-order valence-corrected chi connectivity index (χ3v) is 1.46. The molecule has 0 amide bonds.